The Morgan fingerprint density at radius 3 is 2.53 bits per heavy atom. The van der Waals surface area contributed by atoms with Gasteiger partial charge in [0, 0.05) is 3.57 Å². The van der Waals surface area contributed by atoms with Crippen molar-refractivity contribution < 1.29 is 4.74 Å². The van der Waals surface area contributed by atoms with E-state index in [1.807, 2.05) is 30.3 Å². The van der Waals surface area contributed by atoms with Crippen LogP contribution in [-0.2, 0) is 6.42 Å². The van der Waals surface area contributed by atoms with Crippen molar-refractivity contribution in [2.75, 3.05) is 7.11 Å². The van der Waals surface area contributed by atoms with Crippen molar-refractivity contribution >= 4 is 22.6 Å². The van der Waals surface area contributed by atoms with Crippen LogP contribution in [0.2, 0.25) is 0 Å². The number of rotatable bonds is 5. The average Bonchev–Trinajstić information content (AvgIpc) is 2.46. The number of nitrogens with one attached hydrogen (secondary N) is 1. The van der Waals surface area contributed by atoms with Gasteiger partial charge in [0.1, 0.15) is 5.75 Å². The van der Waals surface area contributed by atoms with Crippen molar-refractivity contribution in [2.24, 2.45) is 5.84 Å². The molecule has 0 aliphatic rings. The molecule has 0 bridgehead atoms. The number of hydrazine groups is 1. The lowest BCUT2D eigenvalue weighted by Gasteiger charge is -2.19. The highest BCUT2D eigenvalue weighted by molar-refractivity contribution is 14.1. The maximum atomic E-state index is 5.72. The summed E-state index contributed by atoms with van der Waals surface area (Å²) in [6.45, 7) is 0. The van der Waals surface area contributed by atoms with E-state index in [2.05, 4.69) is 46.2 Å². The van der Waals surface area contributed by atoms with Gasteiger partial charge in [0.2, 0.25) is 0 Å². The van der Waals surface area contributed by atoms with Gasteiger partial charge in [-0.05, 0) is 52.3 Å². The van der Waals surface area contributed by atoms with Gasteiger partial charge < -0.3 is 4.74 Å². The Kier molecular flexibility index (Phi) is 5.18. The molecule has 0 aliphatic carbocycles. The number of halogens is 1. The minimum atomic E-state index is 0.0735. The zero-order chi connectivity index (χ0) is 13.7. The lowest BCUT2D eigenvalue weighted by molar-refractivity contribution is 0.405. The minimum absolute atomic E-state index is 0.0735. The van der Waals surface area contributed by atoms with Gasteiger partial charge in [0.05, 0.1) is 13.2 Å². The highest BCUT2D eigenvalue weighted by atomic mass is 127. The first-order chi connectivity index (χ1) is 9.26. The van der Waals surface area contributed by atoms with Gasteiger partial charge in [-0.15, -0.1) is 0 Å². The molecule has 0 aliphatic heterocycles. The monoisotopic (exact) mass is 368 g/mol. The molecule has 2 aromatic carbocycles. The second-order valence-electron chi connectivity index (χ2n) is 4.26. The van der Waals surface area contributed by atoms with Crippen LogP contribution in [0.3, 0.4) is 0 Å². The Labute approximate surface area is 127 Å². The van der Waals surface area contributed by atoms with Crippen LogP contribution in [0.15, 0.2) is 48.5 Å². The molecule has 0 amide bonds. The molecule has 2 aromatic rings. The fourth-order valence-corrected chi connectivity index (χ4v) is 2.87. The van der Waals surface area contributed by atoms with E-state index in [9.17, 15) is 0 Å². The van der Waals surface area contributed by atoms with E-state index in [-0.39, 0.29) is 6.04 Å². The van der Waals surface area contributed by atoms with Gasteiger partial charge in [0.15, 0.2) is 0 Å². The van der Waals surface area contributed by atoms with E-state index in [0.717, 1.165) is 17.7 Å². The predicted octanol–water partition coefficient (Wildman–Crippen LogP) is 3.05. The van der Waals surface area contributed by atoms with Crippen LogP contribution < -0.4 is 16.0 Å². The first-order valence-electron chi connectivity index (χ1n) is 6.08. The molecule has 19 heavy (non-hydrogen) atoms. The predicted molar refractivity (Wildman–Crippen MR) is 85.9 cm³/mol. The summed E-state index contributed by atoms with van der Waals surface area (Å²) in [5.74, 6) is 6.62. The Hall–Kier alpha value is -1.11. The smallest absolute Gasteiger partial charge is 0.122 e. The topological polar surface area (TPSA) is 47.3 Å². The molecule has 0 aromatic heterocycles. The minimum Gasteiger partial charge on any atom is -0.496 e. The van der Waals surface area contributed by atoms with E-state index >= 15 is 0 Å². The molecule has 0 saturated carbocycles. The molecule has 2 rings (SSSR count). The van der Waals surface area contributed by atoms with Gasteiger partial charge in [-0.2, -0.15) is 0 Å². The number of benzene rings is 2. The van der Waals surface area contributed by atoms with Gasteiger partial charge in [-0.3, -0.25) is 11.3 Å². The number of methoxy groups -OCH3 is 1. The zero-order valence-electron chi connectivity index (χ0n) is 10.8. The van der Waals surface area contributed by atoms with Gasteiger partial charge in [-0.25, -0.2) is 0 Å². The molecule has 100 valence electrons. The molecule has 0 saturated heterocycles. The lowest BCUT2D eigenvalue weighted by Crippen LogP contribution is -2.30. The molecular formula is C15H17IN2O. The van der Waals surface area contributed by atoms with Crippen LogP contribution in [-0.4, -0.2) is 7.11 Å². The Balaban J connectivity index is 2.27. The molecule has 3 N–H and O–H groups in total. The molecule has 4 heteroatoms. The number of hydrogen-bond donors (Lipinski definition) is 2. The van der Waals surface area contributed by atoms with Gasteiger partial charge in [-0.1, -0.05) is 36.4 Å². The zero-order valence-corrected chi connectivity index (χ0v) is 12.9. The molecular weight excluding hydrogens is 351 g/mol. The lowest BCUT2D eigenvalue weighted by atomic mass is 9.99. The largest absolute Gasteiger partial charge is 0.496 e. The van der Waals surface area contributed by atoms with Gasteiger partial charge in [0.25, 0.3) is 0 Å². The third-order valence-corrected chi connectivity index (χ3v) is 4.08. The highest BCUT2D eigenvalue weighted by Gasteiger charge is 2.15. The van der Waals surface area contributed by atoms with E-state index in [0.29, 0.717) is 0 Å². The molecule has 0 spiro atoms. The van der Waals surface area contributed by atoms with Crippen molar-refractivity contribution in [2.45, 2.75) is 12.5 Å². The Bertz CT molecular complexity index is 545. The molecule has 3 nitrogen and oxygen atoms in total. The van der Waals surface area contributed by atoms with Crippen LogP contribution in [0.25, 0.3) is 0 Å². The summed E-state index contributed by atoms with van der Waals surface area (Å²) in [4.78, 5) is 0. The number of para-hydroxylation sites is 1. The summed E-state index contributed by atoms with van der Waals surface area (Å²) in [6, 6.07) is 16.3. The average molecular weight is 368 g/mol. The first kappa shape index (κ1) is 14.3. The molecule has 0 radical (unpaired) electrons. The van der Waals surface area contributed by atoms with Crippen LogP contribution in [0.4, 0.5) is 0 Å². The van der Waals surface area contributed by atoms with Crippen molar-refractivity contribution in [1.82, 2.24) is 5.43 Å². The van der Waals surface area contributed by atoms with E-state index < -0.39 is 0 Å². The molecule has 1 unspecified atom stereocenters. The van der Waals surface area contributed by atoms with Crippen molar-refractivity contribution in [3.05, 3.63) is 63.2 Å². The van der Waals surface area contributed by atoms with Crippen molar-refractivity contribution in [1.29, 1.82) is 0 Å². The Morgan fingerprint density at radius 2 is 1.84 bits per heavy atom. The summed E-state index contributed by atoms with van der Waals surface area (Å²) in [5.41, 5.74) is 5.25. The van der Waals surface area contributed by atoms with Crippen molar-refractivity contribution in [3.8, 4) is 5.75 Å². The van der Waals surface area contributed by atoms with Crippen LogP contribution >= 0.6 is 22.6 Å². The first-order valence-corrected chi connectivity index (χ1v) is 7.16. The maximum Gasteiger partial charge on any atom is 0.122 e. The molecule has 1 atom stereocenters. The van der Waals surface area contributed by atoms with Crippen molar-refractivity contribution in [3.63, 3.8) is 0 Å². The summed E-state index contributed by atoms with van der Waals surface area (Å²) >= 11 is 2.33. The molecule has 0 heterocycles. The summed E-state index contributed by atoms with van der Waals surface area (Å²) < 4.78 is 6.59. The normalized spacial score (nSPS) is 12.2. The van der Waals surface area contributed by atoms with Crippen LogP contribution in [0.1, 0.15) is 17.2 Å². The van der Waals surface area contributed by atoms with Crippen LogP contribution in [0, 0.1) is 3.57 Å². The van der Waals surface area contributed by atoms with Crippen LogP contribution in [0.5, 0.6) is 5.75 Å². The second-order valence-corrected chi connectivity index (χ2v) is 5.42. The van der Waals surface area contributed by atoms with E-state index in [1.54, 1.807) is 7.11 Å². The SMILES string of the molecule is COc1ccccc1CC(NN)c1ccccc1I. The fraction of sp³-hybridized carbons (Fsp3) is 0.200. The van der Waals surface area contributed by atoms with E-state index in [4.69, 9.17) is 10.6 Å². The number of ether oxygens (including phenoxy) is 1. The third-order valence-electron chi connectivity index (χ3n) is 3.10. The third kappa shape index (κ3) is 3.46. The molecule has 0 fully saturated rings. The standard InChI is InChI=1S/C15H17IN2O/c1-19-15-9-5-2-6-11(15)10-14(18-17)12-7-3-4-8-13(12)16/h2-9,14,18H,10,17H2,1H3. The fourth-order valence-electron chi connectivity index (χ4n) is 2.11. The number of nitrogens with two attached hydrogens (primary N) is 1. The highest BCUT2D eigenvalue weighted by Crippen LogP contribution is 2.26. The summed E-state index contributed by atoms with van der Waals surface area (Å²) in [7, 11) is 1.69. The van der Waals surface area contributed by atoms with E-state index in [1.165, 1.54) is 9.13 Å². The van der Waals surface area contributed by atoms with Gasteiger partial charge >= 0.3 is 0 Å². The quantitative estimate of drug-likeness (QED) is 0.485. The summed E-state index contributed by atoms with van der Waals surface area (Å²) in [5, 5.41) is 0. The summed E-state index contributed by atoms with van der Waals surface area (Å²) in [6.07, 6.45) is 0.792. The Morgan fingerprint density at radius 1 is 1.16 bits per heavy atom. The number of hydrogen-bond acceptors (Lipinski definition) is 3. The second kappa shape index (κ2) is 6.88. The maximum absolute atomic E-state index is 5.72.